The molecule has 0 aromatic heterocycles. The van der Waals surface area contributed by atoms with Gasteiger partial charge in [-0.25, -0.2) is 0 Å². The smallest absolute Gasteiger partial charge is 0.282 e. The van der Waals surface area contributed by atoms with Crippen LogP contribution in [0.15, 0.2) is 9.52 Å². The molecule has 8 heteroatoms. The minimum absolute atomic E-state index is 0.0160. The second-order valence-corrected chi connectivity index (χ2v) is 6.15. The average Bonchev–Trinajstić information content (AvgIpc) is 2.27. The summed E-state index contributed by atoms with van der Waals surface area (Å²) in [5.41, 5.74) is 0. The summed E-state index contributed by atoms with van der Waals surface area (Å²) in [5, 5.41) is 0.284. The average molecular weight is 353 g/mol. The first-order valence-electron chi connectivity index (χ1n) is 5.12. The molecule has 0 saturated carbocycles. The van der Waals surface area contributed by atoms with Gasteiger partial charge in [-0.1, -0.05) is 46.6 Å². The zero-order valence-electron chi connectivity index (χ0n) is 10.7. The zero-order valence-corrected chi connectivity index (χ0v) is 14.8. The van der Waals surface area contributed by atoms with E-state index in [0.29, 0.717) is 10.8 Å². The van der Waals surface area contributed by atoms with Gasteiger partial charge in [-0.05, 0) is 27.7 Å². The Morgan fingerprint density at radius 3 is 1.78 bits per heavy atom. The second kappa shape index (κ2) is 11.4. The summed E-state index contributed by atoms with van der Waals surface area (Å²) in [5.74, 6) is 0.304. The number of carbonyl (C=O) groups is 1. The lowest BCUT2D eigenvalue weighted by Crippen LogP contribution is -2.39. The summed E-state index contributed by atoms with van der Waals surface area (Å²) >= 11 is 17.8. The van der Waals surface area contributed by atoms with Gasteiger partial charge in [-0.3, -0.25) is 9.36 Å². The molecule has 0 N–H and O–H groups in total. The van der Waals surface area contributed by atoms with E-state index in [1.54, 1.807) is 14.0 Å². The highest BCUT2D eigenvalue weighted by molar-refractivity contribution is 8.13. The molecule has 0 aromatic rings. The molecule has 0 aromatic carbocycles. The van der Waals surface area contributed by atoms with Crippen LogP contribution in [0, 0.1) is 0 Å². The van der Waals surface area contributed by atoms with Crippen LogP contribution in [0.1, 0.15) is 27.7 Å². The molecular weight excluding hydrogens is 336 g/mol. The molecule has 106 valence electrons. The van der Waals surface area contributed by atoms with E-state index in [2.05, 4.69) is 0 Å². The van der Waals surface area contributed by atoms with Crippen LogP contribution in [-0.2, 0) is 4.57 Å². The van der Waals surface area contributed by atoms with Crippen LogP contribution in [0.25, 0.3) is 0 Å². The molecule has 18 heavy (non-hydrogen) atoms. The van der Waals surface area contributed by atoms with Crippen LogP contribution in [0.5, 0.6) is 0 Å². The van der Waals surface area contributed by atoms with Crippen molar-refractivity contribution in [2.45, 2.75) is 39.8 Å². The fourth-order valence-corrected chi connectivity index (χ4v) is 2.69. The van der Waals surface area contributed by atoms with Gasteiger partial charge in [0.25, 0.3) is 5.24 Å². The lowest BCUT2D eigenvalue weighted by molar-refractivity contribution is 0.190. The molecule has 3 nitrogen and oxygen atoms in total. The molecule has 0 heterocycles. The molecule has 0 bridgehead atoms. The molecule has 0 aliphatic rings. The van der Waals surface area contributed by atoms with Crippen LogP contribution in [0.3, 0.4) is 0 Å². The Morgan fingerprint density at radius 1 is 1.11 bits per heavy atom. The summed E-state index contributed by atoms with van der Waals surface area (Å²) in [4.78, 5) is 13.7. The number of hydrogen-bond acceptors (Lipinski definition) is 3. The Kier molecular flexibility index (Phi) is 13.2. The number of rotatable bonds is 4. The second-order valence-electron chi connectivity index (χ2n) is 3.81. The lowest BCUT2D eigenvalue weighted by Gasteiger charge is -2.30. The van der Waals surface area contributed by atoms with Crippen molar-refractivity contribution in [3.8, 4) is 0 Å². The molecule has 1 amide bonds. The van der Waals surface area contributed by atoms with Crippen molar-refractivity contribution in [3.63, 3.8) is 0 Å². The van der Waals surface area contributed by atoms with E-state index in [0.717, 1.165) is 11.8 Å². The zero-order chi connectivity index (χ0) is 14.9. The molecule has 0 unspecified atom stereocenters. The fourth-order valence-electron chi connectivity index (χ4n) is 1.27. The van der Waals surface area contributed by atoms with Gasteiger partial charge < -0.3 is 4.90 Å². The highest BCUT2D eigenvalue weighted by atomic mass is 35.5. The summed E-state index contributed by atoms with van der Waals surface area (Å²) in [7, 11) is 1.72. The van der Waals surface area contributed by atoms with Crippen molar-refractivity contribution in [1.82, 2.24) is 4.90 Å². The first-order chi connectivity index (χ1) is 8.27. The number of nitrogens with zero attached hydrogens (tertiary/aromatic N) is 1. The fraction of sp³-hybridized carbons (Fsp3) is 0.700. The van der Waals surface area contributed by atoms with Crippen LogP contribution < -0.4 is 0 Å². The Balaban J connectivity index is 0. The lowest BCUT2D eigenvalue weighted by atomic mass is 10.2. The number of carbonyl (C=O) groups excluding carboxylic acids is 1. The van der Waals surface area contributed by atoms with Gasteiger partial charge in [-0.15, -0.1) is 0 Å². The van der Waals surface area contributed by atoms with E-state index in [9.17, 15) is 4.79 Å². The minimum Gasteiger partial charge on any atom is -0.329 e. The number of thioether (sulfide) groups is 1. The van der Waals surface area contributed by atoms with Crippen molar-refractivity contribution in [3.05, 3.63) is 9.52 Å². The molecule has 0 atom stereocenters. The third-order valence-electron chi connectivity index (χ3n) is 1.85. The monoisotopic (exact) mass is 351 g/mol. The van der Waals surface area contributed by atoms with E-state index >= 15 is 0 Å². The molecule has 0 saturated heterocycles. The van der Waals surface area contributed by atoms with Crippen LogP contribution in [-0.4, -0.2) is 28.0 Å². The predicted molar refractivity (Wildman–Crippen MR) is 83.6 cm³/mol. The molecule has 0 spiro atoms. The van der Waals surface area contributed by atoms with E-state index < -0.39 is 0 Å². The maximum Gasteiger partial charge on any atom is 0.282 e. The number of amides is 1. The molecular formula is C10H17Cl3NO2PS. The summed E-state index contributed by atoms with van der Waals surface area (Å²) in [6.45, 7) is 7.91. The third-order valence-corrected chi connectivity index (χ3v) is 3.87. The molecule has 0 radical (unpaired) electrons. The number of halogens is 3. The third kappa shape index (κ3) is 8.60. The molecule has 0 fully saturated rings. The van der Waals surface area contributed by atoms with Crippen molar-refractivity contribution < 1.29 is 9.36 Å². The predicted octanol–water partition coefficient (Wildman–Crippen LogP) is 5.32. The highest BCUT2D eigenvalue weighted by Crippen LogP contribution is 2.24. The van der Waals surface area contributed by atoms with Gasteiger partial charge in [0, 0.05) is 17.8 Å². The highest BCUT2D eigenvalue weighted by Gasteiger charge is 2.20. The van der Waals surface area contributed by atoms with Crippen LogP contribution in [0.4, 0.5) is 4.79 Å². The minimum atomic E-state index is -0.0160. The van der Waals surface area contributed by atoms with E-state index in [-0.39, 0.29) is 21.8 Å². The summed E-state index contributed by atoms with van der Waals surface area (Å²) in [6.07, 6.45) is 0. The Hall–Kier alpha value is 0.530. The largest absolute Gasteiger partial charge is 0.329 e. The quantitative estimate of drug-likeness (QED) is 0.643. The van der Waals surface area contributed by atoms with Crippen molar-refractivity contribution in [1.29, 1.82) is 0 Å². The summed E-state index contributed by atoms with van der Waals surface area (Å²) in [6, 6.07) is 0.323. The Labute approximate surface area is 130 Å². The van der Waals surface area contributed by atoms with Gasteiger partial charge in [0.15, 0.2) is 0 Å². The van der Waals surface area contributed by atoms with Gasteiger partial charge in [-0.2, -0.15) is 0 Å². The van der Waals surface area contributed by atoms with Gasteiger partial charge >= 0.3 is 0 Å². The Bertz CT molecular complexity index is 289. The standard InChI is InChI=1S/C10H16Cl3NOS.HOP/c1-6(2)14(7(3)4)10(15)16-5-8(11)9(12)13;1-2/h6-7H,5H2,1-4H3;2H. The maximum absolute atomic E-state index is 11.9. The molecule has 0 aliphatic heterocycles. The van der Waals surface area contributed by atoms with Crippen LogP contribution in [0.2, 0.25) is 0 Å². The number of hydrogen-bond donors (Lipinski definition) is 0. The molecule has 0 aliphatic carbocycles. The maximum atomic E-state index is 11.9. The van der Waals surface area contributed by atoms with Crippen molar-refractivity contribution in [2.75, 3.05) is 5.75 Å². The normalized spacial score (nSPS) is 9.83. The SMILES string of the molecule is CC(C)N(C(=O)SCC(Cl)=C(Cl)Cl)C(C)C.O=P. The summed E-state index contributed by atoms with van der Waals surface area (Å²) < 4.78 is 8.07. The van der Waals surface area contributed by atoms with Gasteiger partial charge in [0.2, 0.25) is 0 Å². The Morgan fingerprint density at radius 2 is 1.50 bits per heavy atom. The van der Waals surface area contributed by atoms with Crippen molar-refractivity contribution >= 4 is 60.9 Å². The molecule has 0 rings (SSSR count). The van der Waals surface area contributed by atoms with Gasteiger partial charge in [0.1, 0.15) is 13.6 Å². The first kappa shape index (κ1) is 20.8. The topological polar surface area (TPSA) is 37.4 Å². The first-order valence-corrected chi connectivity index (χ1v) is 7.65. The van der Waals surface area contributed by atoms with E-state index in [1.165, 1.54) is 0 Å². The van der Waals surface area contributed by atoms with E-state index in [1.807, 2.05) is 27.7 Å². The van der Waals surface area contributed by atoms with Crippen molar-refractivity contribution in [2.24, 2.45) is 0 Å². The van der Waals surface area contributed by atoms with E-state index in [4.69, 9.17) is 39.4 Å². The van der Waals surface area contributed by atoms with Crippen LogP contribution >= 0.6 is 55.7 Å². The van der Waals surface area contributed by atoms with Gasteiger partial charge in [0.05, 0.1) is 5.03 Å².